The molecule has 1 saturated heterocycles. The zero-order chi connectivity index (χ0) is 24.1. The van der Waals surface area contributed by atoms with E-state index >= 15 is 0 Å². The van der Waals surface area contributed by atoms with Crippen molar-refractivity contribution in [3.8, 4) is 17.2 Å². The standard InChI is InChI=1S/C24H20Cl2FNO5/c1-4-13-9-10-23(25)21(30)28(16-7-5-15(27)6-8-16)22(31)24(23,26)19(13)14-11-17(32-2)20(29)18(12-14)33-3/h4-9,11-12,19,29H,1,10H2,2-3H3/t19-,23-,24+/m1/s1. The van der Waals surface area contributed by atoms with Crippen molar-refractivity contribution >= 4 is 40.7 Å². The third kappa shape index (κ3) is 3.14. The van der Waals surface area contributed by atoms with Crippen molar-refractivity contribution in [3.05, 3.63) is 72.1 Å². The maximum Gasteiger partial charge on any atom is 0.258 e. The summed E-state index contributed by atoms with van der Waals surface area (Å²) in [6.45, 7) is 3.83. The number of imide groups is 1. The molecule has 2 aromatic carbocycles. The fourth-order valence-corrected chi connectivity index (χ4v) is 5.33. The maximum absolute atomic E-state index is 13.8. The molecule has 0 spiro atoms. The van der Waals surface area contributed by atoms with E-state index in [1.807, 2.05) is 0 Å². The molecule has 2 amide bonds. The molecule has 1 aliphatic carbocycles. The van der Waals surface area contributed by atoms with Gasteiger partial charge in [-0.25, -0.2) is 9.29 Å². The summed E-state index contributed by atoms with van der Waals surface area (Å²) in [4.78, 5) is 24.4. The molecule has 1 fully saturated rings. The highest BCUT2D eigenvalue weighted by Crippen LogP contribution is 2.60. The van der Waals surface area contributed by atoms with E-state index in [0.717, 1.165) is 17.0 Å². The lowest BCUT2D eigenvalue weighted by atomic mass is 9.68. The molecule has 6 nitrogen and oxygen atoms in total. The van der Waals surface area contributed by atoms with Crippen molar-refractivity contribution in [2.24, 2.45) is 0 Å². The average Bonchev–Trinajstić information content (AvgIpc) is 2.96. The van der Waals surface area contributed by atoms with Gasteiger partial charge in [0.1, 0.15) is 5.82 Å². The van der Waals surface area contributed by atoms with Crippen LogP contribution in [0.4, 0.5) is 10.1 Å². The van der Waals surface area contributed by atoms with E-state index in [1.165, 1.54) is 44.6 Å². The van der Waals surface area contributed by atoms with Crippen molar-refractivity contribution in [1.29, 1.82) is 0 Å². The number of amides is 2. The van der Waals surface area contributed by atoms with Gasteiger partial charge in [-0.3, -0.25) is 9.59 Å². The summed E-state index contributed by atoms with van der Waals surface area (Å²) in [5.41, 5.74) is 1.15. The van der Waals surface area contributed by atoms with E-state index in [1.54, 1.807) is 6.08 Å². The lowest BCUT2D eigenvalue weighted by molar-refractivity contribution is -0.122. The molecular weight excluding hydrogens is 472 g/mol. The molecule has 4 rings (SSSR count). The van der Waals surface area contributed by atoms with Crippen LogP contribution in [0, 0.1) is 5.82 Å². The summed E-state index contributed by atoms with van der Waals surface area (Å²) in [6, 6.07) is 7.91. The zero-order valence-corrected chi connectivity index (χ0v) is 19.3. The molecule has 2 aliphatic rings. The number of carbonyl (C=O) groups is 2. The molecule has 33 heavy (non-hydrogen) atoms. The number of halogens is 3. The van der Waals surface area contributed by atoms with Crippen molar-refractivity contribution in [2.75, 3.05) is 19.1 Å². The largest absolute Gasteiger partial charge is 0.502 e. The number of benzene rings is 2. The smallest absolute Gasteiger partial charge is 0.258 e. The van der Waals surface area contributed by atoms with Crippen LogP contribution in [0.15, 0.2) is 60.7 Å². The van der Waals surface area contributed by atoms with Gasteiger partial charge in [0, 0.05) is 5.92 Å². The van der Waals surface area contributed by atoms with Crippen molar-refractivity contribution in [1.82, 2.24) is 0 Å². The molecule has 1 heterocycles. The Labute approximate surface area is 199 Å². The van der Waals surface area contributed by atoms with Gasteiger partial charge in [0.2, 0.25) is 5.75 Å². The molecule has 0 unspecified atom stereocenters. The van der Waals surface area contributed by atoms with E-state index in [9.17, 15) is 19.1 Å². The topological polar surface area (TPSA) is 76.1 Å². The highest BCUT2D eigenvalue weighted by Gasteiger charge is 2.73. The molecule has 0 aromatic heterocycles. The maximum atomic E-state index is 13.8. The van der Waals surface area contributed by atoms with Gasteiger partial charge < -0.3 is 14.6 Å². The summed E-state index contributed by atoms with van der Waals surface area (Å²) < 4.78 is 24.0. The Morgan fingerprint density at radius 2 is 1.70 bits per heavy atom. The quantitative estimate of drug-likeness (QED) is 0.485. The molecule has 0 bridgehead atoms. The molecule has 0 saturated carbocycles. The van der Waals surface area contributed by atoms with Crippen LogP contribution in [0.5, 0.6) is 17.2 Å². The number of hydrogen-bond donors (Lipinski definition) is 1. The molecule has 3 atom stereocenters. The van der Waals surface area contributed by atoms with E-state index in [4.69, 9.17) is 32.7 Å². The Bertz CT molecular complexity index is 1170. The van der Waals surface area contributed by atoms with Crippen LogP contribution in [0.3, 0.4) is 0 Å². The number of anilines is 1. The Morgan fingerprint density at radius 3 is 2.21 bits per heavy atom. The summed E-state index contributed by atoms with van der Waals surface area (Å²) in [5, 5.41) is 10.3. The predicted molar refractivity (Wildman–Crippen MR) is 123 cm³/mol. The fourth-order valence-electron chi connectivity index (χ4n) is 4.48. The minimum Gasteiger partial charge on any atom is -0.502 e. The van der Waals surface area contributed by atoms with Crippen molar-refractivity contribution < 1.29 is 28.6 Å². The zero-order valence-electron chi connectivity index (χ0n) is 17.8. The van der Waals surface area contributed by atoms with Gasteiger partial charge in [-0.1, -0.05) is 18.7 Å². The van der Waals surface area contributed by atoms with E-state index in [-0.39, 0.29) is 29.4 Å². The van der Waals surface area contributed by atoms with Gasteiger partial charge in [0.05, 0.1) is 19.9 Å². The molecule has 9 heteroatoms. The minimum atomic E-state index is -1.95. The van der Waals surface area contributed by atoms with Crippen molar-refractivity contribution in [2.45, 2.75) is 22.1 Å². The Hall–Kier alpha value is -3.03. The molecule has 1 aliphatic heterocycles. The monoisotopic (exact) mass is 491 g/mol. The molecule has 2 aromatic rings. The lowest BCUT2D eigenvalue weighted by Crippen LogP contribution is -2.54. The number of alkyl halides is 2. The van der Waals surface area contributed by atoms with Crippen LogP contribution in [0.2, 0.25) is 0 Å². The number of phenolic OH excluding ortho intramolecular Hbond substituents is 1. The summed E-state index contributed by atoms with van der Waals surface area (Å²) in [7, 11) is 2.73. The van der Waals surface area contributed by atoms with Gasteiger partial charge in [0.15, 0.2) is 21.2 Å². The number of ether oxygens (including phenoxy) is 2. The fraction of sp³-hybridized carbons (Fsp3) is 0.250. The second-order valence-corrected chi connectivity index (χ2v) is 9.00. The third-order valence-corrected chi connectivity index (χ3v) is 7.55. The number of nitrogens with zero attached hydrogens (tertiary/aromatic N) is 1. The first-order valence-electron chi connectivity index (χ1n) is 9.93. The van der Waals surface area contributed by atoms with Crippen LogP contribution >= 0.6 is 23.2 Å². The molecule has 0 radical (unpaired) electrons. The van der Waals surface area contributed by atoms with Gasteiger partial charge in [-0.05, 0) is 54.0 Å². The number of aromatic hydroxyl groups is 1. The highest BCUT2D eigenvalue weighted by atomic mass is 35.5. The first kappa shape index (κ1) is 23.1. The number of hydrogen-bond acceptors (Lipinski definition) is 5. The van der Waals surface area contributed by atoms with E-state index in [0.29, 0.717) is 11.1 Å². The minimum absolute atomic E-state index is 0.0233. The Kier molecular flexibility index (Phi) is 5.66. The first-order chi connectivity index (χ1) is 15.6. The lowest BCUT2D eigenvalue weighted by Gasteiger charge is -2.42. The second kappa shape index (κ2) is 8.08. The molecule has 1 N–H and O–H groups in total. The number of carbonyl (C=O) groups excluding carboxylic acids is 2. The number of allylic oxidation sites excluding steroid dienone is 3. The van der Waals surface area contributed by atoms with Crippen LogP contribution in [0.25, 0.3) is 0 Å². The number of rotatable bonds is 5. The van der Waals surface area contributed by atoms with Gasteiger partial charge >= 0.3 is 0 Å². The highest BCUT2D eigenvalue weighted by molar-refractivity contribution is 6.58. The third-order valence-electron chi connectivity index (χ3n) is 6.14. The summed E-state index contributed by atoms with van der Waals surface area (Å²) in [5.74, 6) is -2.97. The van der Waals surface area contributed by atoms with E-state index < -0.39 is 33.3 Å². The normalized spacial score (nSPS) is 26.6. The van der Waals surface area contributed by atoms with Crippen LogP contribution in [-0.2, 0) is 9.59 Å². The molecule has 172 valence electrons. The second-order valence-electron chi connectivity index (χ2n) is 7.75. The number of phenols is 1. The average molecular weight is 492 g/mol. The van der Waals surface area contributed by atoms with Crippen molar-refractivity contribution in [3.63, 3.8) is 0 Å². The summed E-state index contributed by atoms with van der Waals surface area (Å²) in [6.07, 6.45) is 3.22. The molecular formula is C24H20Cl2FNO5. The van der Waals surface area contributed by atoms with Crippen LogP contribution in [-0.4, -0.2) is 40.9 Å². The van der Waals surface area contributed by atoms with Crippen LogP contribution in [0.1, 0.15) is 17.9 Å². The SMILES string of the molecule is C=CC1=CC[C@@]2(Cl)C(=O)N(c3ccc(F)cc3)C(=O)[C@@]2(Cl)[C@H]1c1cc(OC)c(O)c(OC)c1. The Morgan fingerprint density at radius 1 is 1.12 bits per heavy atom. The predicted octanol–water partition coefficient (Wildman–Crippen LogP) is 4.68. The van der Waals surface area contributed by atoms with Gasteiger partial charge in [0.25, 0.3) is 11.8 Å². The number of methoxy groups -OCH3 is 2. The van der Waals surface area contributed by atoms with Gasteiger partial charge in [-0.2, -0.15) is 0 Å². The summed E-state index contributed by atoms with van der Waals surface area (Å²) >= 11 is 14.0. The van der Waals surface area contributed by atoms with Crippen LogP contribution < -0.4 is 14.4 Å². The van der Waals surface area contributed by atoms with E-state index in [2.05, 4.69) is 6.58 Å². The number of fused-ring (bicyclic) bond motifs is 1. The van der Waals surface area contributed by atoms with Gasteiger partial charge in [-0.15, -0.1) is 23.2 Å². The first-order valence-corrected chi connectivity index (χ1v) is 10.7. The Balaban J connectivity index is 1.95.